The number of rotatable bonds is 5. The van der Waals surface area contributed by atoms with Gasteiger partial charge in [0.25, 0.3) is 5.91 Å². The number of ether oxygens (including phenoxy) is 1. The second-order valence-corrected chi connectivity index (χ2v) is 6.14. The van der Waals surface area contributed by atoms with Crippen LogP contribution in [0.3, 0.4) is 0 Å². The van der Waals surface area contributed by atoms with E-state index in [-0.39, 0.29) is 16.8 Å². The highest BCUT2D eigenvalue weighted by Crippen LogP contribution is 2.10. The van der Waals surface area contributed by atoms with Crippen LogP contribution in [0, 0.1) is 0 Å². The van der Waals surface area contributed by atoms with Crippen molar-refractivity contribution in [1.82, 2.24) is 5.32 Å². The molecule has 18 heavy (non-hydrogen) atoms. The largest absolute Gasteiger partial charge is 0.383 e. The molecule has 1 N–H and O–H groups in total. The summed E-state index contributed by atoms with van der Waals surface area (Å²) in [5.41, 5.74) is 0.422. The quantitative estimate of drug-likeness (QED) is 0.862. The van der Waals surface area contributed by atoms with Crippen molar-refractivity contribution in [3.63, 3.8) is 0 Å². The summed E-state index contributed by atoms with van der Waals surface area (Å²) in [6, 6.07) is 5.73. The summed E-state index contributed by atoms with van der Waals surface area (Å²) in [7, 11) is -1.67. The van der Waals surface area contributed by atoms with Crippen molar-refractivity contribution in [3.8, 4) is 0 Å². The highest BCUT2D eigenvalue weighted by molar-refractivity contribution is 7.90. The molecule has 0 fully saturated rings. The van der Waals surface area contributed by atoms with Gasteiger partial charge in [0.15, 0.2) is 9.84 Å². The Labute approximate surface area is 107 Å². The fourth-order valence-corrected chi connectivity index (χ4v) is 2.08. The van der Waals surface area contributed by atoms with Gasteiger partial charge in [-0.3, -0.25) is 4.79 Å². The first-order valence-electron chi connectivity index (χ1n) is 5.44. The van der Waals surface area contributed by atoms with Crippen molar-refractivity contribution in [2.45, 2.75) is 17.9 Å². The molecule has 6 heteroatoms. The zero-order valence-electron chi connectivity index (χ0n) is 10.6. The molecule has 1 rings (SSSR count). The lowest BCUT2D eigenvalue weighted by atomic mass is 10.2. The number of carbonyl (C=O) groups excluding carboxylic acids is 1. The fourth-order valence-electron chi connectivity index (χ4n) is 1.45. The van der Waals surface area contributed by atoms with Gasteiger partial charge < -0.3 is 10.1 Å². The summed E-state index contributed by atoms with van der Waals surface area (Å²) in [6.07, 6.45) is 1.13. The van der Waals surface area contributed by atoms with Gasteiger partial charge in [-0.15, -0.1) is 0 Å². The summed E-state index contributed by atoms with van der Waals surface area (Å²) in [5, 5.41) is 2.74. The molecule has 0 spiro atoms. The standard InChI is InChI=1S/C12H17NO4S/c1-9(8-17-2)13-12(14)10-4-6-11(7-5-10)18(3,15)16/h4-7,9H,8H2,1-3H3,(H,13,14)/t9-/m1/s1. The van der Waals surface area contributed by atoms with Crippen LogP contribution in [0.25, 0.3) is 0 Å². The average molecular weight is 271 g/mol. The zero-order chi connectivity index (χ0) is 13.8. The van der Waals surface area contributed by atoms with Crippen molar-refractivity contribution in [1.29, 1.82) is 0 Å². The normalized spacial score (nSPS) is 13.1. The number of carbonyl (C=O) groups is 1. The molecule has 0 radical (unpaired) electrons. The first kappa shape index (κ1) is 14.7. The highest BCUT2D eigenvalue weighted by Gasteiger charge is 2.11. The molecule has 0 aromatic heterocycles. The van der Waals surface area contributed by atoms with Gasteiger partial charge in [-0.1, -0.05) is 0 Å². The summed E-state index contributed by atoms with van der Waals surface area (Å²) >= 11 is 0. The van der Waals surface area contributed by atoms with Crippen LogP contribution >= 0.6 is 0 Å². The third-order valence-electron chi connectivity index (χ3n) is 2.34. The molecule has 0 aliphatic heterocycles. The average Bonchev–Trinajstić information content (AvgIpc) is 2.28. The fraction of sp³-hybridized carbons (Fsp3) is 0.417. The number of hydrogen-bond acceptors (Lipinski definition) is 4. The number of amides is 1. The van der Waals surface area contributed by atoms with E-state index in [1.165, 1.54) is 24.3 Å². The molecule has 5 nitrogen and oxygen atoms in total. The molecule has 1 aromatic rings. The van der Waals surface area contributed by atoms with Gasteiger partial charge in [0.1, 0.15) is 0 Å². The second kappa shape index (κ2) is 5.97. The minimum Gasteiger partial charge on any atom is -0.383 e. The van der Waals surface area contributed by atoms with Gasteiger partial charge in [0.05, 0.1) is 11.5 Å². The second-order valence-electron chi connectivity index (χ2n) is 4.13. The third kappa shape index (κ3) is 4.12. The summed E-state index contributed by atoms with van der Waals surface area (Å²) in [5.74, 6) is -0.250. The maximum Gasteiger partial charge on any atom is 0.251 e. The molecular formula is C12H17NO4S. The minimum atomic E-state index is -3.23. The highest BCUT2D eigenvalue weighted by atomic mass is 32.2. The maximum atomic E-state index is 11.8. The Kier molecular flexibility index (Phi) is 4.86. The van der Waals surface area contributed by atoms with Crippen molar-refractivity contribution in [2.75, 3.05) is 20.0 Å². The predicted molar refractivity (Wildman–Crippen MR) is 68.4 cm³/mol. The van der Waals surface area contributed by atoms with Gasteiger partial charge in [0, 0.05) is 25.0 Å². The topological polar surface area (TPSA) is 72.5 Å². The molecule has 0 aliphatic carbocycles. The third-order valence-corrected chi connectivity index (χ3v) is 3.47. The molecule has 0 saturated heterocycles. The zero-order valence-corrected chi connectivity index (χ0v) is 11.5. The Morgan fingerprint density at radius 3 is 2.33 bits per heavy atom. The van der Waals surface area contributed by atoms with Gasteiger partial charge in [-0.05, 0) is 31.2 Å². The smallest absolute Gasteiger partial charge is 0.251 e. The number of hydrogen-bond donors (Lipinski definition) is 1. The lowest BCUT2D eigenvalue weighted by Crippen LogP contribution is -2.35. The Morgan fingerprint density at radius 2 is 1.89 bits per heavy atom. The van der Waals surface area contributed by atoms with Crippen molar-refractivity contribution < 1.29 is 17.9 Å². The summed E-state index contributed by atoms with van der Waals surface area (Å²) in [4.78, 5) is 12.0. The first-order chi connectivity index (χ1) is 8.34. The monoisotopic (exact) mass is 271 g/mol. The van der Waals surface area contributed by atoms with E-state index in [1.807, 2.05) is 6.92 Å². The van der Waals surface area contributed by atoms with E-state index in [4.69, 9.17) is 4.74 Å². The predicted octanol–water partition coefficient (Wildman–Crippen LogP) is 0.855. The van der Waals surface area contributed by atoms with Crippen LogP contribution in [-0.2, 0) is 14.6 Å². The maximum absolute atomic E-state index is 11.8. The van der Waals surface area contributed by atoms with Crippen LogP contribution in [0.4, 0.5) is 0 Å². The van der Waals surface area contributed by atoms with Gasteiger partial charge in [-0.25, -0.2) is 8.42 Å². The lowest BCUT2D eigenvalue weighted by molar-refractivity contribution is 0.0905. The van der Waals surface area contributed by atoms with E-state index < -0.39 is 9.84 Å². The molecule has 0 heterocycles. The molecule has 1 amide bonds. The molecule has 0 saturated carbocycles. The Hall–Kier alpha value is -1.40. The van der Waals surface area contributed by atoms with Crippen molar-refractivity contribution in [3.05, 3.63) is 29.8 Å². The molecule has 0 aliphatic rings. The number of benzene rings is 1. The number of sulfone groups is 1. The number of methoxy groups -OCH3 is 1. The van der Waals surface area contributed by atoms with Crippen LogP contribution in [0.2, 0.25) is 0 Å². The van der Waals surface area contributed by atoms with E-state index in [1.54, 1.807) is 7.11 Å². The van der Waals surface area contributed by atoms with E-state index in [9.17, 15) is 13.2 Å². The van der Waals surface area contributed by atoms with Gasteiger partial charge >= 0.3 is 0 Å². The lowest BCUT2D eigenvalue weighted by Gasteiger charge is -2.12. The molecule has 1 atom stereocenters. The van der Waals surface area contributed by atoms with E-state index >= 15 is 0 Å². The van der Waals surface area contributed by atoms with Crippen LogP contribution < -0.4 is 5.32 Å². The summed E-state index contributed by atoms with van der Waals surface area (Å²) < 4.78 is 27.4. The van der Waals surface area contributed by atoms with Crippen molar-refractivity contribution >= 4 is 15.7 Å². The van der Waals surface area contributed by atoms with Gasteiger partial charge in [-0.2, -0.15) is 0 Å². The van der Waals surface area contributed by atoms with Crippen LogP contribution in [-0.4, -0.2) is 40.3 Å². The van der Waals surface area contributed by atoms with Crippen LogP contribution in [0.5, 0.6) is 0 Å². The van der Waals surface area contributed by atoms with Crippen LogP contribution in [0.15, 0.2) is 29.2 Å². The Morgan fingerprint density at radius 1 is 1.33 bits per heavy atom. The van der Waals surface area contributed by atoms with E-state index in [2.05, 4.69) is 5.32 Å². The Bertz CT molecular complexity index is 507. The molecule has 1 aromatic carbocycles. The van der Waals surface area contributed by atoms with Crippen molar-refractivity contribution in [2.24, 2.45) is 0 Å². The molecule has 100 valence electrons. The Balaban J connectivity index is 2.77. The molecular weight excluding hydrogens is 254 g/mol. The number of nitrogens with one attached hydrogen (secondary N) is 1. The SMILES string of the molecule is COC[C@@H](C)NC(=O)c1ccc(S(C)(=O)=O)cc1. The molecule has 0 bridgehead atoms. The first-order valence-corrected chi connectivity index (χ1v) is 7.33. The minimum absolute atomic E-state index is 0.0999. The van der Waals surface area contributed by atoms with Crippen LogP contribution in [0.1, 0.15) is 17.3 Å². The van der Waals surface area contributed by atoms with E-state index in [0.29, 0.717) is 12.2 Å². The molecule has 0 unspecified atom stereocenters. The van der Waals surface area contributed by atoms with Gasteiger partial charge in [0.2, 0.25) is 0 Å². The van der Waals surface area contributed by atoms with E-state index in [0.717, 1.165) is 6.26 Å². The summed E-state index contributed by atoms with van der Waals surface area (Å²) in [6.45, 7) is 2.25.